The van der Waals surface area contributed by atoms with E-state index in [1.807, 2.05) is 32.0 Å². The van der Waals surface area contributed by atoms with Crippen LogP contribution in [-0.2, 0) is 6.42 Å². The first-order valence-corrected chi connectivity index (χ1v) is 6.77. The van der Waals surface area contributed by atoms with Crippen molar-refractivity contribution in [2.75, 3.05) is 21.3 Å². The fourth-order valence-electron chi connectivity index (χ4n) is 2.16. The molecule has 112 valence electrons. The van der Waals surface area contributed by atoms with E-state index in [0.29, 0.717) is 17.2 Å². The minimum absolute atomic E-state index is 0.574. The maximum absolute atomic E-state index is 5.38. The van der Waals surface area contributed by atoms with Gasteiger partial charge in [0.15, 0.2) is 11.5 Å². The van der Waals surface area contributed by atoms with Crippen LogP contribution in [0.5, 0.6) is 17.2 Å². The molecule has 0 amide bonds. The van der Waals surface area contributed by atoms with Gasteiger partial charge in [0.25, 0.3) is 0 Å². The Morgan fingerprint density at radius 1 is 0.905 bits per heavy atom. The van der Waals surface area contributed by atoms with E-state index in [9.17, 15) is 0 Å². The van der Waals surface area contributed by atoms with Crippen molar-refractivity contribution in [3.05, 3.63) is 29.7 Å². The maximum Gasteiger partial charge on any atom is 0.203 e. The molecule has 0 N–H and O–H groups in total. The highest BCUT2D eigenvalue weighted by Gasteiger charge is 2.15. The Morgan fingerprint density at radius 3 is 2.00 bits per heavy atom. The number of aromatic nitrogens is 2. The molecule has 0 atom stereocenters. The molecule has 0 fully saturated rings. The topological polar surface area (TPSA) is 53.5 Å². The molecule has 0 aliphatic carbocycles. The number of aryl methyl sites for hydroxylation is 2. The lowest BCUT2D eigenvalue weighted by Crippen LogP contribution is -1.99. The highest BCUT2D eigenvalue weighted by Crippen LogP contribution is 2.40. The van der Waals surface area contributed by atoms with Crippen LogP contribution < -0.4 is 14.2 Å². The van der Waals surface area contributed by atoms with Crippen LogP contribution in [0.25, 0.3) is 11.3 Å². The molecule has 0 unspecified atom stereocenters. The molecule has 0 bridgehead atoms. The fraction of sp³-hybridized carbons (Fsp3) is 0.375. The number of ether oxygens (including phenoxy) is 3. The van der Waals surface area contributed by atoms with Crippen molar-refractivity contribution in [3.63, 3.8) is 0 Å². The summed E-state index contributed by atoms with van der Waals surface area (Å²) in [5.41, 5.74) is 2.69. The Hall–Kier alpha value is -2.30. The third kappa shape index (κ3) is 3.07. The smallest absolute Gasteiger partial charge is 0.203 e. The molecule has 0 radical (unpaired) electrons. The van der Waals surface area contributed by atoms with Gasteiger partial charge in [-0.1, -0.05) is 6.92 Å². The number of nitrogens with zero attached hydrogens (tertiary/aromatic N) is 2. The second-order valence-corrected chi connectivity index (χ2v) is 4.58. The Balaban J connectivity index is 2.61. The molecule has 1 aromatic carbocycles. The first-order chi connectivity index (χ1) is 10.1. The largest absolute Gasteiger partial charge is 0.493 e. The standard InChI is InChI=1S/C16H20N2O3/c1-6-15-17-10(2)7-12(18-15)11-8-13(19-3)16(21-5)14(9-11)20-4/h7-9H,6H2,1-5H3. The van der Waals surface area contributed by atoms with Crippen LogP contribution in [0.1, 0.15) is 18.4 Å². The van der Waals surface area contributed by atoms with Crippen molar-refractivity contribution in [2.45, 2.75) is 20.3 Å². The van der Waals surface area contributed by atoms with E-state index in [0.717, 1.165) is 29.2 Å². The summed E-state index contributed by atoms with van der Waals surface area (Å²) >= 11 is 0. The molecule has 1 heterocycles. The predicted octanol–water partition coefficient (Wildman–Crippen LogP) is 3.04. The number of hydrogen-bond donors (Lipinski definition) is 0. The maximum atomic E-state index is 5.38. The van der Waals surface area contributed by atoms with Gasteiger partial charge in [0, 0.05) is 17.7 Å². The van der Waals surface area contributed by atoms with Crippen molar-refractivity contribution in [2.24, 2.45) is 0 Å². The third-order valence-electron chi connectivity index (χ3n) is 3.18. The number of methoxy groups -OCH3 is 3. The highest BCUT2D eigenvalue weighted by molar-refractivity contribution is 5.68. The minimum atomic E-state index is 0.574. The van der Waals surface area contributed by atoms with Gasteiger partial charge in [-0.25, -0.2) is 9.97 Å². The summed E-state index contributed by atoms with van der Waals surface area (Å²) in [6, 6.07) is 5.73. The third-order valence-corrected chi connectivity index (χ3v) is 3.18. The fourth-order valence-corrected chi connectivity index (χ4v) is 2.16. The van der Waals surface area contributed by atoms with Gasteiger partial charge in [-0.3, -0.25) is 0 Å². The summed E-state index contributed by atoms with van der Waals surface area (Å²) in [5.74, 6) is 2.62. The van der Waals surface area contributed by atoms with Crippen LogP contribution in [0, 0.1) is 6.92 Å². The zero-order valence-electron chi connectivity index (χ0n) is 13.1. The lowest BCUT2D eigenvalue weighted by Gasteiger charge is -2.14. The molecule has 5 nitrogen and oxygen atoms in total. The Kier molecular flexibility index (Phi) is 4.62. The van der Waals surface area contributed by atoms with Gasteiger partial charge < -0.3 is 14.2 Å². The Labute approximate surface area is 124 Å². The zero-order chi connectivity index (χ0) is 15.4. The summed E-state index contributed by atoms with van der Waals surface area (Å²) in [6.07, 6.45) is 0.791. The molecule has 0 aliphatic rings. The van der Waals surface area contributed by atoms with Gasteiger partial charge in [-0.15, -0.1) is 0 Å². The van der Waals surface area contributed by atoms with Crippen LogP contribution in [0.4, 0.5) is 0 Å². The molecular formula is C16H20N2O3. The summed E-state index contributed by atoms with van der Waals surface area (Å²) in [7, 11) is 4.79. The van der Waals surface area contributed by atoms with E-state index in [4.69, 9.17) is 14.2 Å². The van der Waals surface area contributed by atoms with Gasteiger partial charge in [0.1, 0.15) is 5.82 Å². The van der Waals surface area contributed by atoms with E-state index >= 15 is 0 Å². The van der Waals surface area contributed by atoms with E-state index in [1.54, 1.807) is 21.3 Å². The van der Waals surface area contributed by atoms with Gasteiger partial charge in [-0.05, 0) is 25.1 Å². The highest BCUT2D eigenvalue weighted by atomic mass is 16.5. The first-order valence-electron chi connectivity index (χ1n) is 6.77. The van der Waals surface area contributed by atoms with E-state index in [-0.39, 0.29) is 0 Å². The predicted molar refractivity (Wildman–Crippen MR) is 81.2 cm³/mol. The molecule has 2 rings (SSSR count). The molecule has 0 aliphatic heterocycles. The van der Waals surface area contributed by atoms with Crippen molar-refractivity contribution in [3.8, 4) is 28.5 Å². The molecule has 0 saturated carbocycles. The molecule has 1 aromatic heterocycles. The lowest BCUT2D eigenvalue weighted by molar-refractivity contribution is 0.324. The molecule has 0 saturated heterocycles. The van der Waals surface area contributed by atoms with Crippen LogP contribution >= 0.6 is 0 Å². The monoisotopic (exact) mass is 288 g/mol. The van der Waals surface area contributed by atoms with Crippen molar-refractivity contribution in [1.82, 2.24) is 9.97 Å². The summed E-state index contributed by atoms with van der Waals surface area (Å²) in [6.45, 7) is 4.00. The van der Waals surface area contributed by atoms with Crippen LogP contribution in [0.2, 0.25) is 0 Å². The lowest BCUT2D eigenvalue weighted by atomic mass is 10.1. The van der Waals surface area contributed by atoms with Gasteiger partial charge in [0.05, 0.1) is 27.0 Å². The Morgan fingerprint density at radius 2 is 1.52 bits per heavy atom. The molecule has 5 heteroatoms. The molecule has 0 spiro atoms. The first kappa shape index (κ1) is 15.1. The van der Waals surface area contributed by atoms with Crippen molar-refractivity contribution in [1.29, 1.82) is 0 Å². The van der Waals surface area contributed by atoms with Crippen LogP contribution in [0.15, 0.2) is 18.2 Å². The van der Waals surface area contributed by atoms with E-state index < -0.39 is 0 Å². The number of benzene rings is 1. The Bertz CT molecular complexity index is 616. The summed E-state index contributed by atoms with van der Waals surface area (Å²) in [4.78, 5) is 8.96. The van der Waals surface area contributed by atoms with Gasteiger partial charge in [-0.2, -0.15) is 0 Å². The molecule has 21 heavy (non-hydrogen) atoms. The molecule has 2 aromatic rings. The van der Waals surface area contributed by atoms with Gasteiger partial charge >= 0.3 is 0 Å². The van der Waals surface area contributed by atoms with Crippen LogP contribution in [0.3, 0.4) is 0 Å². The SMILES string of the molecule is CCc1nc(C)cc(-c2cc(OC)c(OC)c(OC)c2)n1. The summed E-state index contributed by atoms with van der Waals surface area (Å²) in [5, 5.41) is 0. The minimum Gasteiger partial charge on any atom is -0.493 e. The van der Waals surface area contributed by atoms with Crippen molar-refractivity contribution < 1.29 is 14.2 Å². The van der Waals surface area contributed by atoms with Gasteiger partial charge in [0.2, 0.25) is 5.75 Å². The average molecular weight is 288 g/mol. The summed E-state index contributed by atoms with van der Waals surface area (Å²) < 4.78 is 16.1. The van der Waals surface area contributed by atoms with Crippen LogP contribution in [-0.4, -0.2) is 31.3 Å². The molecular weight excluding hydrogens is 268 g/mol. The normalized spacial score (nSPS) is 10.3. The second-order valence-electron chi connectivity index (χ2n) is 4.58. The zero-order valence-corrected chi connectivity index (χ0v) is 13.1. The van der Waals surface area contributed by atoms with E-state index in [1.165, 1.54) is 0 Å². The average Bonchev–Trinajstić information content (AvgIpc) is 2.52. The number of hydrogen-bond acceptors (Lipinski definition) is 5. The second kappa shape index (κ2) is 6.43. The quantitative estimate of drug-likeness (QED) is 0.846. The van der Waals surface area contributed by atoms with Crippen molar-refractivity contribution >= 4 is 0 Å². The number of rotatable bonds is 5. The van der Waals surface area contributed by atoms with E-state index in [2.05, 4.69) is 9.97 Å².